The molecule has 0 aromatic heterocycles. The average molecular weight is 299 g/mol. The van der Waals surface area contributed by atoms with Gasteiger partial charge in [-0.1, -0.05) is 58.1 Å². The Balaban J connectivity index is 2.50. The summed E-state index contributed by atoms with van der Waals surface area (Å²) >= 11 is 0. The summed E-state index contributed by atoms with van der Waals surface area (Å²) in [5, 5.41) is 3.46. The third-order valence-electron chi connectivity index (χ3n) is 3.55. The summed E-state index contributed by atoms with van der Waals surface area (Å²) in [7, 11) is 0. The van der Waals surface area contributed by atoms with Gasteiger partial charge >= 0.3 is 6.61 Å². The van der Waals surface area contributed by atoms with E-state index in [-0.39, 0.29) is 11.8 Å². The minimum atomic E-state index is -2.76. The van der Waals surface area contributed by atoms with E-state index >= 15 is 0 Å². The van der Waals surface area contributed by atoms with E-state index < -0.39 is 6.61 Å². The Morgan fingerprint density at radius 1 is 1.00 bits per heavy atom. The lowest BCUT2D eigenvalue weighted by Crippen LogP contribution is -2.20. The van der Waals surface area contributed by atoms with Gasteiger partial charge in [-0.05, 0) is 30.7 Å². The Morgan fingerprint density at radius 2 is 1.67 bits per heavy atom. The smallest absolute Gasteiger partial charge is 0.387 e. The molecular weight excluding hydrogens is 272 g/mol. The third kappa shape index (κ3) is 7.42. The normalized spacial score (nSPS) is 12.6. The Hall–Kier alpha value is -1.16. The van der Waals surface area contributed by atoms with Crippen LogP contribution in [0.15, 0.2) is 24.3 Å². The molecule has 0 aliphatic heterocycles. The van der Waals surface area contributed by atoms with Crippen molar-refractivity contribution in [2.24, 2.45) is 0 Å². The van der Waals surface area contributed by atoms with Gasteiger partial charge in [0, 0.05) is 6.04 Å². The molecule has 0 amide bonds. The van der Waals surface area contributed by atoms with Crippen LogP contribution in [-0.2, 0) is 0 Å². The third-order valence-corrected chi connectivity index (χ3v) is 3.55. The van der Waals surface area contributed by atoms with Gasteiger partial charge in [-0.25, -0.2) is 0 Å². The lowest BCUT2D eigenvalue weighted by molar-refractivity contribution is -0.0498. The van der Waals surface area contributed by atoms with Crippen molar-refractivity contribution in [1.82, 2.24) is 5.32 Å². The molecule has 21 heavy (non-hydrogen) atoms. The van der Waals surface area contributed by atoms with Gasteiger partial charge in [-0.2, -0.15) is 8.78 Å². The van der Waals surface area contributed by atoms with Crippen molar-refractivity contribution in [3.05, 3.63) is 29.8 Å². The predicted octanol–water partition coefficient (Wildman–Crippen LogP) is 5.30. The molecule has 0 spiro atoms. The molecule has 0 aliphatic carbocycles. The summed E-state index contributed by atoms with van der Waals surface area (Å²) < 4.78 is 28.6. The molecule has 0 heterocycles. The van der Waals surface area contributed by atoms with E-state index in [0.717, 1.165) is 18.5 Å². The molecule has 0 bridgehead atoms. The van der Waals surface area contributed by atoms with Gasteiger partial charge in [0.2, 0.25) is 0 Å². The second-order valence-corrected chi connectivity index (χ2v) is 5.26. The molecule has 1 rings (SSSR count). The fourth-order valence-corrected chi connectivity index (χ4v) is 2.47. The highest BCUT2D eigenvalue weighted by atomic mass is 19.3. The zero-order valence-corrected chi connectivity index (χ0v) is 13.1. The highest BCUT2D eigenvalue weighted by molar-refractivity contribution is 5.29. The Kier molecular flexibility index (Phi) is 8.99. The number of nitrogens with one attached hydrogen (secondary N) is 1. The van der Waals surface area contributed by atoms with Gasteiger partial charge in [0.25, 0.3) is 0 Å². The lowest BCUT2D eigenvalue weighted by Gasteiger charge is -2.18. The molecule has 1 atom stereocenters. The molecule has 4 heteroatoms. The van der Waals surface area contributed by atoms with Gasteiger partial charge in [0.1, 0.15) is 5.75 Å². The minimum absolute atomic E-state index is 0.215. The molecular formula is C17H27F2NO. The second-order valence-electron chi connectivity index (χ2n) is 5.26. The molecule has 1 unspecified atom stereocenters. The van der Waals surface area contributed by atoms with Crippen LogP contribution >= 0.6 is 0 Å². The van der Waals surface area contributed by atoms with Crippen LogP contribution in [0.3, 0.4) is 0 Å². The van der Waals surface area contributed by atoms with Crippen LogP contribution in [-0.4, -0.2) is 13.2 Å². The van der Waals surface area contributed by atoms with E-state index in [1.165, 1.54) is 32.1 Å². The zero-order valence-electron chi connectivity index (χ0n) is 13.1. The first-order valence-corrected chi connectivity index (χ1v) is 7.95. The van der Waals surface area contributed by atoms with Crippen LogP contribution in [0.2, 0.25) is 0 Å². The van der Waals surface area contributed by atoms with Crippen LogP contribution in [0, 0.1) is 0 Å². The van der Waals surface area contributed by atoms with E-state index in [2.05, 4.69) is 23.9 Å². The number of hydrogen-bond donors (Lipinski definition) is 1. The Bertz CT molecular complexity index is 368. The van der Waals surface area contributed by atoms with Gasteiger partial charge in [-0.15, -0.1) is 0 Å². The number of hydrogen-bond acceptors (Lipinski definition) is 2. The predicted molar refractivity (Wildman–Crippen MR) is 82.9 cm³/mol. The molecule has 0 aliphatic rings. The number of ether oxygens (including phenoxy) is 1. The van der Waals surface area contributed by atoms with Crippen molar-refractivity contribution in [3.8, 4) is 5.75 Å². The molecule has 0 radical (unpaired) electrons. The van der Waals surface area contributed by atoms with Crippen LogP contribution in [0.4, 0.5) is 8.78 Å². The van der Waals surface area contributed by atoms with Gasteiger partial charge < -0.3 is 10.1 Å². The number of halogens is 2. The maximum absolute atomic E-state index is 12.1. The van der Waals surface area contributed by atoms with E-state index in [4.69, 9.17) is 0 Å². The van der Waals surface area contributed by atoms with E-state index in [9.17, 15) is 8.78 Å². The maximum atomic E-state index is 12.1. The lowest BCUT2D eigenvalue weighted by atomic mass is 9.99. The molecule has 2 nitrogen and oxygen atoms in total. The fraction of sp³-hybridized carbons (Fsp3) is 0.647. The molecule has 120 valence electrons. The summed E-state index contributed by atoms with van der Waals surface area (Å²) in [6, 6.07) is 7.26. The first kappa shape index (κ1) is 17.9. The van der Waals surface area contributed by atoms with Crippen molar-refractivity contribution < 1.29 is 13.5 Å². The van der Waals surface area contributed by atoms with E-state index in [0.29, 0.717) is 0 Å². The maximum Gasteiger partial charge on any atom is 0.387 e. The van der Waals surface area contributed by atoms with Crippen LogP contribution < -0.4 is 10.1 Å². The first-order chi connectivity index (χ1) is 10.2. The van der Waals surface area contributed by atoms with E-state index in [1.54, 1.807) is 12.1 Å². The number of alkyl halides is 2. The Labute approximate surface area is 126 Å². The summed E-state index contributed by atoms with van der Waals surface area (Å²) in [6.45, 7) is 2.43. The molecule has 1 aromatic rings. The van der Waals surface area contributed by atoms with Crippen molar-refractivity contribution >= 4 is 0 Å². The molecule has 0 fully saturated rings. The quantitative estimate of drug-likeness (QED) is 0.560. The van der Waals surface area contributed by atoms with Crippen LogP contribution in [0.1, 0.15) is 64.0 Å². The zero-order chi connectivity index (χ0) is 15.5. The van der Waals surface area contributed by atoms with E-state index in [1.807, 2.05) is 12.1 Å². The summed E-state index contributed by atoms with van der Waals surface area (Å²) in [6.07, 6.45) is 7.35. The fourth-order valence-electron chi connectivity index (χ4n) is 2.47. The monoisotopic (exact) mass is 299 g/mol. The Morgan fingerprint density at radius 3 is 2.24 bits per heavy atom. The summed E-state index contributed by atoms with van der Waals surface area (Å²) in [5.41, 5.74) is 1.13. The minimum Gasteiger partial charge on any atom is -0.435 e. The standard InChI is InChI=1S/C17H27F2NO/c1-3-5-6-7-8-9-16(20-4-2)14-10-12-15(13-11-14)21-17(18)19/h10-13,16-17,20H,3-9H2,1-2H3. The van der Waals surface area contributed by atoms with Crippen molar-refractivity contribution in [1.29, 1.82) is 0 Å². The highest BCUT2D eigenvalue weighted by Crippen LogP contribution is 2.23. The molecule has 0 saturated heterocycles. The average Bonchev–Trinajstić information content (AvgIpc) is 2.46. The number of benzene rings is 1. The highest BCUT2D eigenvalue weighted by Gasteiger charge is 2.11. The summed E-state index contributed by atoms with van der Waals surface area (Å²) in [4.78, 5) is 0. The van der Waals surface area contributed by atoms with Gasteiger partial charge in [0.15, 0.2) is 0 Å². The van der Waals surface area contributed by atoms with Crippen LogP contribution in [0.25, 0.3) is 0 Å². The molecule has 1 aromatic carbocycles. The first-order valence-electron chi connectivity index (χ1n) is 7.95. The summed E-state index contributed by atoms with van der Waals surface area (Å²) in [5.74, 6) is 0.215. The number of unbranched alkanes of at least 4 members (excludes halogenated alkanes) is 4. The topological polar surface area (TPSA) is 21.3 Å². The second kappa shape index (κ2) is 10.6. The van der Waals surface area contributed by atoms with Crippen LogP contribution in [0.5, 0.6) is 5.75 Å². The molecule has 0 saturated carbocycles. The molecule has 1 N–H and O–H groups in total. The van der Waals surface area contributed by atoms with Crippen molar-refractivity contribution in [3.63, 3.8) is 0 Å². The number of rotatable bonds is 11. The van der Waals surface area contributed by atoms with Gasteiger partial charge in [-0.3, -0.25) is 0 Å². The van der Waals surface area contributed by atoms with Crippen molar-refractivity contribution in [2.45, 2.75) is 65.0 Å². The van der Waals surface area contributed by atoms with Gasteiger partial charge in [0.05, 0.1) is 0 Å². The largest absolute Gasteiger partial charge is 0.435 e. The van der Waals surface area contributed by atoms with Crippen molar-refractivity contribution in [2.75, 3.05) is 6.54 Å². The SMILES string of the molecule is CCCCCCCC(NCC)c1ccc(OC(F)F)cc1.